The van der Waals surface area contributed by atoms with Gasteiger partial charge in [-0.1, -0.05) is 41.5 Å². The molecule has 2 fully saturated rings. The molecule has 1 N–H and O–H groups in total. The number of amides is 1. The summed E-state index contributed by atoms with van der Waals surface area (Å²) in [4.78, 5) is 11.9. The predicted molar refractivity (Wildman–Crippen MR) is 61.4 cm³/mol. The zero-order chi connectivity index (χ0) is 11.6. The average Bonchev–Trinajstić information content (AvgIpc) is 2.79. The molecule has 0 aromatic carbocycles. The van der Waals surface area contributed by atoms with Crippen LogP contribution in [-0.4, -0.2) is 11.9 Å². The number of carbonyl (C=O) groups is 1. The summed E-state index contributed by atoms with van der Waals surface area (Å²) in [7, 11) is 0. The molecule has 0 radical (unpaired) electrons. The van der Waals surface area contributed by atoms with Crippen LogP contribution < -0.4 is 5.32 Å². The van der Waals surface area contributed by atoms with Crippen LogP contribution in [0.15, 0.2) is 0 Å². The molecule has 15 heavy (non-hydrogen) atoms. The number of hydrogen-bond acceptors (Lipinski definition) is 1. The first kappa shape index (κ1) is 11.0. The normalized spacial score (nSPS) is 34.7. The van der Waals surface area contributed by atoms with E-state index in [0.717, 1.165) is 6.42 Å². The van der Waals surface area contributed by atoms with Gasteiger partial charge in [0.1, 0.15) is 0 Å². The molecule has 1 atom stereocenters. The van der Waals surface area contributed by atoms with E-state index in [2.05, 4.69) is 46.9 Å². The summed E-state index contributed by atoms with van der Waals surface area (Å²) in [6.07, 6.45) is 1.05. The molecule has 0 unspecified atom stereocenters. The van der Waals surface area contributed by atoms with E-state index in [1.54, 1.807) is 0 Å². The van der Waals surface area contributed by atoms with Gasteiger partial charge in [-0.15, -0.1) is 0 Å². The number of hydrogen-bond donors (Lipinski definition) is 1. The molecule has 2 aliphatic rings. The van der Waals surface area contributed by atoms with Crippen LogP contribution in [0.4, 0.5) is 0 Å². The average molecular weight is 209 g/mol. The molecular weight excluding hydrogens is 186 g/mol. The minimum atomic E-state index is 0.243. The van der Waals surface area contributed by atoms with E-state index < -0.39 is 0 Å². The predicted octanol–water partition coefficient (Wildman–Crippen LogP) is 2.58. The summed E-state index contributed by atoms with van der Waals surface area (Å²) in [6.45, 7) is 13.3. The minimum absolute atomic E-state index is 0.243. The van der Waals surface area contributed by atoms with Gasteiger partial charge < -0.3 is 5.32 Å². The Morgan fingerprint density at radius 2 is 1.47 bits per heavy atom. The molecule has 0 spiro atoms. The Hall–Kier alpha value is -0.530. The van der Waals surface area contributed by atoms with E-state index in [9.17, 15) is 4.79 Å². The van der Waals surface area contributed by atoms with Crippen molar-refractivity contribution in [2.45, 2.75) is 54.0 Å². The lowest BCUT2D eigenvalue weighted by molar-refractivity contribution is -0.123. The van der Waals surface area contributed by atoms with Gasteiger partial charge in [-0.2, -0.15) is 0 Å². The van der Waals surface area contributed by atoms with Crippen molar-refractivity contribution in [2.75, 3.05) is 0 Å². The summed E-state index contributed by atoms with van der Waals surface area (Å²) in [5, 5.41) is 3.21. The third-order valence-electron chi connectivity index (χ3n) is 5.14. The Bertz CT molecular complexity index is 300. The van der Waals surface area contributed by atoms with Crippen LogP contribution in [0.5, 0.6) is 0 Å². The molecule has 0 aromatic rings. The van der Waals surface area contributed by atoms with Crippen molar-refractivity contribution in [3.05, 3.63) is 0 Å². The van der Waals surface area contributed by atoms with Gasteiger partial charge in [0.05, 0.1) is 0 Å². The molecule has 0 heterocycles. The van der Waals surface area contributed by atoms with Crippen molar-refractivity contribution in [3.8, 4) is 0 Å². The van der Waals surface area contributed by atoms with E-state index in [0.29, 0.717) is 6.04 Å². The highest BCUT2D eigenvalue weighted by Gasteiger charge is 2.66. The summed E-state index contributed by atoms with van der Waals surface area (Å²) in [5.74, 6) is 0.522. The topological polar surface area (TPSA) is 29.1 Å². The van der Waals surface area contributed by atoms with Gasteiger partial charge in [0.2, 0.25) is 5.91 Å². The Morgan fingerprint density at radius 1 is 1.07 bits per heavy atom. The second-order valence-electron chi connectivity index (χ2n) is 7.13. The summed E-state index contributed by atoms with van der Waals surface area (Å²) in [6, 6.07) is 0.355. The Balaban J connectivity index is 1.93. The maximum Gasteiger partial charge on any atom is 0.223 e. The van der Waals surface area contributed by atoms with E-state index in [4.69, 9.17) is 0 Å². The highest BCUT2D eigenvalue weighted by atomic mass is 16.2. The Kier molecular flexibility index (Phi) is 1.89. The van der Waals surface area contributed by atoms with E-state index in [-0.39, 0.29) is 28.1 Å². The lowest BCUT2D eigenvalue weighted by Gasteiger charge is -2.07. The largest absolute Gasteiger partial charge is 0.352 e. The third-order valence-corrected chi connectivity index (χ3v) is 5.14. The molecule has 2 nitrogen and oxygen atoms in total. The van der Waals surface area contributed by atoms with E-state index >= 15 is 0 Å². The minimum Gasteiger partial charge on any atom is -0.352 e. The van der Waals surface area contributed by atoms with Gasteiger partial charge in [-0.25, -0.2) is 0 Å². The van der Waals surface area contributed by atoms with Crippen LogP contribution in [0.25, 0.3) is 0 Å². The standard InChI is InChI=1S/C13H23NO/c1-11(2)7-8(11)9(15)14-10-12(3,4)13(10,5)6/h8,10H,7H2,1-6H3,(H,14,15)/t8-/m1/s1. The molecule has 0 saturated heterocycles. The molecule has 2 saturated carbocycles. The fourth-order valence-electron chi connectivity index (χ4n) is 2.71. The maximum absolute atomic E-state index is 11.9. The van der Waals surface area contributed by atoms with Crippen molar-refractivity contribution in [1.82, 2.24) is 5.32 Å². The molecule has 0 aliphatic heterocycles. The smallest absolute Gasteiger partial charge is 0.223 e. The molecule has 1 amide bonds. The van der Waals surface area contributed by atoms with Gasteiger partial charge in [0, 0.05) is 12.0 Å². The number of carbonyl (C=O) groups excluding carboxylic acids is 1. The maximum atomic E-state index is 11.9. The molecule has 2 aliphatic carbocycles. The lowest BCUT2D eigenvalue weighted by Crippen LogP contribution is -2.32. The van der Waals surface area contributed by atoms with Crippen molar-refractivity contribution < 1.29 is 4.79 Å². The summed E-state index contributed by atoms with van der Waals surface area (Å²) in [5.41, 5.74) is 0.747. The van der Waals surface area contributed by atoms with Crippen LogP contribution in [0.3, 0.4) is 0 Å². The molecule has 2 heteroatoms. The van der Waals surface area contributed by atoms with Gasteiger partial charge in [0.15, 0.2) is 0 Å². The highest BCUT2D eigenvalue weighted by Crippen LogP contribution is 2.63. The molecule has 2 rings (SSSR count). The van der Waals surface area contributed by atoms with Crippen LogP contribution in [0.1, 0.15) is 48.0 Å². The monoisotopic (exact) mass is 209 g/mol. The van der Waals surface area contributed by atoms with Gasteiger partial charge in [-0.05, 0) is 22.7 Å². The van der Waals surface area contributed by atoms with Crippen LogP contribution in [-0.2, 0) is 4.79 Å². The Labute approximate surface area is 92.8 Å². The molecule has 0 bridgehead atoms. The van der Waals surface area contributed by atoms with Crippen molar-refractivity contribution >= 4 is 5.91 Å². The number of rotatable bonds is 2. The van der Waals surface area contributed by atoms with Crippen LogP contribution >= 0.6 is 0 Å². The summed E-state index contributed by atoms with van der Waals surface area (Å²) < 4.78 is 0. The summed E-state index contributed by atoms with van der Waals surface area (Å²) >= 11 is 0. The quantitative estimate of drug-likeness (QED) is 0.744. The van der Waals surface area contributed by atoms with E-state index in [1.165, 1.54) is 0 Å². The lowest BCUT2D eigenvalue weighted by atomic mass is 10.0. The Morgan fingerprint density at radius 3 is 1.73 bits per heavy atom. The van der Waals surface area contributed by atoms with Crippen molar-refractivity contribution in [2.24, 2.45) is 22.2 Å². The zero-order valence-corrected chi connectivity index (χ0v) is 10.8. The zero-order valence-electron chi connectivity index (χ0n) is 10.8. The third kappa shape index (κ3) is 1.41. The number of nitrogens with one attached hydrogen (secondary N) is 1. The SMILES string of the molecule is CC1(C)C[C@@H]1C(=O)NC1C(C)(C)C1(C)C. The molecular formula is C13H23NO. The first-order valence-corrected chi connectivity index (χ1v) is 5.91. The molecule has 0 aromatic heterocycles. The van der Waals surface area contributed by atoms with Gasteiger partial charge in [0.25, 0.3) is 0 Å². The van der Waals surface area contributed by atoms with Gasteiger partial charge >= 0.3 is 0 Å². The fraction of sp³-hybridized carbons (Fsp3) is 0.923. The van der Waals surface area contributed by atoms with Crippen molar-refractivity contribution in [1.29, 1.82) is 0 Å². The highest BCUT2D eigenvalue weighted by molar-refractivity contribution is 5.83. The van der Waals surface area contributed by atoms with Crippen molar-refractivity contribution in [3.63, 3.8) is 0 Å². The van der Waals surface area contributed by atoms with Crippen LogP contribution in [0.2, 0.25) is 0 Å². The fourth-order valence-corrected chi connectivity index (χ4v) is 2.71. The first-order valence-electron chi connectivity index (χ1n) is 5.91. The second-order valence-corrected chi connectivity index (χ2v) is 7.13. The molecule has 86 valence electrons. The second kappa shape index (κ2) is 2.58. The first-order chi connectivity index (χ1) is 6.61. The van der Waals surface area contributed by atoms with Crippen LogP contribution in [0, 0.1) is 22.2 Å². The van der Waals surface area contributed by atoms with Gasteiger partial charge in [-0.3, -0.25) is 4.79 Å². The van der Waals surface area contributed by atoms with E-state index in [1.807, 2.05) is 0 Å².